The molecule has 1 aliphatic heterocycles. The van der Waals surface area contributed by atoms with Crippen molar-refractivity contribution in [3.05, 3.63) is 39.9 Å². The van der Waals surface area contributed by atoms with Gasteiger partial charge in [-0.1, -0.05) is 29.3 Å². The molecule has 114 valence electrons. The SMILES string of the molecule is CC1(NC(=O)/C=C/c2c(Cl)cccc2Cl)CCS(=O)(=O)C1. The van der Waals surface area contributed by atoms with Crippen molar-refractivity contribution in [3.63, 3.8) is 0 Å². The van der Waals surface area contributed by atoms with Gasteiger partial charge in [-0.2, -0.15) is 0 Å². The van der Waals surface area contributed by atoms with Crippen molar-refractivity contribution in [2.24, 2.45) is 0 Å². The molecule has 0 spiro atoms. The average Bonchev–Trinajstić information content (AvgIpc) is 2.62. The van der Waals surface area contributed by atoms with Crippen LogP contribution in [0.25, 0.3) is 6.08 Å². The summed E-state index contributed by atoms with van der Waals surface area (Å²) in [6, 6.07) is 5.07. The Morgan fingerprint density at radius 1 is 1.33 bits per heavy atom. The van der Waals surface area contributed by atoms with Crippen LogP contribution in [0.2, 0.25) is 10.0 Å². The Bertz CT molecular complexity index is 680. The van der Waals surface area contributed by atoms with Crippen molar-refractivity contribution in [2.45, 2.75) is 18.9 Å². The molecule has 1 aromatic rings. The van der Waals surface area contributed by atoms with E-state index in [0.29, 0.717) is 22.0 Å². The molecule has 1 unspecified atom stereocenters. The van der Waals surface area contributed by atoms with E-state index in [1.807, 2.05) is 0 Å². The first-order chi connectivity index (χ1) is 9.71. The molecule has 1 N–H and O–H groups in total. The minimum atomic E-state index is -3.06. The normalized spacial score (nSPS) is 24.3. The highest BCUT2D eigenvalue weighted by molar-refractivity contribution is 7.91. The van der Waals surface area contributed by atoms with Crippen LogP contribution in [-0.4, -0.2) is 31.4 Å². The summed E-state index contributed by atoms with van der Waals surface area (Å²) in [5, 5.41) is 3.62. The quantitative estimate of drug-likeness (QED) is 0.855. The predicted octanol–water partition coefficient (Wildman–Crippen LogP) is 2.70. The smallest absolute Gasteiger partial charge is 0.244 e. The monoisotopic (exact) mass is 347 g/mol. The van der Waals surface area contributed by atoms with Gasteiger partial charge in [-0.05, 0) is 31.6 Å². The van der Waals surface area contributed by atoms with Crippen LogP contribution in [-0.2, 0) is 14.6 Å². The van der Waals surface area contributed by atoms with Crippen molar-refractivity contribution in [1.29, 1.82) is 0 Å². The Balaban J connectivity index is 2.07. The summed E-state index contributed by atoms with van der Waals surface area (Å²) >= 11 is 12.0. The van der Waals surface area contributed by atoms with E-state index in [1.165, 1.54) is 12.2 Å². The Morgan fingerprint density at radius 2 is 1.95 bits per heavy atom. The molecule has 1 atom stereocenters. The number of halogens is 2. The molecule has 1 aliphatic rings. The van der Waals surface area contributed by atoms with Crippen LogP contribution in [0.1, 0.15) is 18.9 Å². The molecule has 0 saturated carbocycles. The fourth-order valence-electron chi connectivity index (χ4n) is 2.28. The molecule has 0 bridgehead atoms. The summed E-state index contributed by atoms with van der Waals surface area (Å²) in [6.45, 7) is 1.73. The van der Waals surface area contributed by atoms with Crippen molar-refractivity contribution in [2.75, 3.05) is 11.5 Å². The third kappa shape index (κ3) is 4.22. The van der Waals surface area contributed by atoms with Gasteiger partial charge in [-0.25, -0.2) is 8.42 Å². The maximum absolute atomic E-state index is 11.9. The third-order valence-corrected chi connectivity index (χ3v) is 5.89. The summed E-state index contributed by atoms with van der Waals surface area (Å²) in [5.74, 6) is -0.304. The molecule has 1 saturated heterocycles. The van der Waals surface area contributed by atoms with Crippen LogP contribution in [0, 0.1) is 0 Å². The van der Waals surface area contributed by atoms with Crippen LogP contribution >= 0.6 is 23.2 Å². The molecular formula is C14H15Cl2NO3S. The molecule has 4 nitrogen and oxygen atoms in total. The maximum Gasteiger partial charge on any atom is 0.244 e. The van der Waals surface area contributed by atoms with E-state index in [4.69, 9.17) is 23.2 Å². The molecule has 21 heavy (non-hydrogen) atoms. The van der Waals surface area contributed by atoms with E-state index in [-0.39, 0.29) is 17.4 Å². The highest BCUT2D eigenvalue weighted by Crippen LogP contribution is 2.26. The molecule has 1 fully saturated rings. The summed E-state index contributed by atoms with van der Waals surface area (Å²) in [4.78, 5) is 11.9. The Hall–Kier alpha value is -1.04. The van der Waals surface area contributed by atoms with Gasteiger partial charge in [-0.15, -0.1) is 0 Å². The second kappa shape index (κ2) is 5.99. The number of hydrogen-bond acceptors (Lipinski definition) is 3. The van der Waals surface area contributed by atoms with E-state index in [0.717, 1.165) is 0 Å². The maximum atomic E-state index is 11.9. The number of benzene rings is 1. The number of hydrogen-bond donors (Lipinski definition) is 1. The van der Waals surface area contributed by atoms with E-state index in [1.54, 1.807) is 25.1 Å². The summed E-state index contributed by atoms with van der Waals surface area (Å²) in [7, 11) is -3.06. The summed E-state index contributed by atoms with van der Waals surface area (Å²) < 4.78 is 23.0. The van der Waals surface area contributed by atoms with Crippen molar-refractivity contribution in [3.8, 4) is 0 Å². The predicted molar refractivity (Wildman–Crippen MR) is 85.3 cm³/mol. The molecule has 1 amide bonds. The lowest BCUT2D eigenvalue weighted by Crippen LogP contribution is -2.46. The van der Waals surface area contributed by atoms with Gasteiger partial charge in [0.25, 0.3) is 0 Å². The standard InChI is InChI=1S/C14H15Cl2NO3S/c1-14(7-8-21(19,20)9-14)17-13(18)6-5-10-11(15)3-2-4-12(10)16/h2-6H,7-9H2,1H3,(H,17,18)/b6-5+. The van der Waals surface area contributed by atoms with E-state index < -0.39 is 15.4 Å². The number of amides is 1. The minimum Gasteiger partial charge on any atom is -0.346 e. The van der Waals surface area contributed by atoms with E-state index in [9.17, 15) is 13.2 Å². The van der Waals surface area contributed by atoms with Crippen LogP contribution in [0.15, 0.2) is 24.3 Å². The number of carbonyl (C=O) groups excluding carboxylic acids is 1. The van der Waals surface area contributed by atoms with Gasteiger partial charge in [0.2, 0.25) is 5.91 Å². The molecule has 0 aliphatic carbocycles. The average molecular weight is 348 g/mol. The third-order valence-electron chi connectivity index (χ3n) is 3.33. The summed E-state index contributed by atoms with van der Waals surface area (Å²) in [6.07, 6.45) is 3.25. The topological polar surface area (TPSA) is 63.2 Å². The Labute approximate surface area is 134 Å². The van der Waals surface area contributed by atoms with Gasteiger partial charge in [0.1, 0.15) is 0 Å². The first-order valence-corrected chi connectivity index (χ1v) is 8.93. The van der Waals surface area contributed by atoms with Gasteiger partial charge in [-0.3, -0.25) is 4.79 Å². The highest BCUT2D eigenvalue weighted by atomic mass is 35.5. The Morgan fingerprint density at radius 3 is 2.48 bits per heavy atom. The Kier molecular flexibility index (Phi) is 4.66. The highest BCUT2D eigenvalue weighted by Gasteiger charge is 2.39. The zero-order valence-electron chi connectivity index (χ0n) is 11.4. The van der Waals surface area contributed by atoms with Crippen LogP contribution in [0.4, 0.5) is 0 Å². The van der Waals surface area contributed by atoms with E-state index >= 15 is 0 Å². The van der Waals surface area contributed by atoms with Gasteiger partial charge in [0.05, 0.1) is 17.0 Å². The zero-order chi connectivity index (χ0) is 15.7. The first-order valence-electron chi connectivity index (χ1n) is 6.35. The lowest BCUT2D eigenvalue weighted by molar-refractivity contribution is -0.117. The summed E-state index contributed by atoms with van der Waals surface area (Å²) in [5.41, 5.74) is -0.162. The van der Waals surface area contributed by atoms with Crippen molar-refractivity contribution in [1.82, 2.24) is 5.32 Å². The minimum absolute atomic E-state index is 0.0353. The van der Waals surface area contributed by atoms with Crippen molar-refractivity contribution < 1.29 is 13.2 Å². The van der Waals surface area contributed by atoms with Crippen LogP contribution in [0.5, 0.6) is 0 Å². The number of rotatable bonds is 3. The van der Waals surface area contributed by atoms with Crippen molar-refractivity contribution >= 4 is 45.0 Å². The number of nitrogens with one attached hydrogen (secondary N) is 1. The largest absolute Gasteiger partial charge is 0.346 e. The molecule has 7 heteroatoms. The molecule has 1 heterocycles. The van der Waals surface area contributed by atoms with Gasteiger partial charge in [0, 0.05) is 21.7 Å². The van der Waals surface area contributed by atoms with Gasteiger partial charge >= 0.3 is 0 Å². The van der Waals surface area contributed by atoms with Gasteiger partial charge in [0.15, 0.2) is 9.84 Å². The number of sulfone groups is 1. The fourth-order valence-corrected chi connectivity index (χ4v) is 4.89. The second-order valence-electron chi connectivity index (χ2n) is 5.36. The fraction of sp³-hybridized carbons (Fsp3) is 0.357. The lowest BCUT2D eigenvalue weighted by atomic mass is 10.0. The molecule has 1 aromatic carbocycles. The first kappa shape index (κ1) is 16.3. The van der Waals surface area contributed by atoms with E-state index in [2.05, 4.69) is 5.32 Å². The van der Waals surface area contributed by atoms with Gasteiger partial charge < -0.3 is 5.32 Å². The number of carbonyl (C=O) groups is 1. The van der Waals surface area contributed by atoms with Crippen LogP contribution < -0.4 is 5.32 Å². The second-order valence-corrected chi connectivity index (χ2v) is 8.36. The molecule has 0 aromatic heterocycles. The lowest BCUT2D eigenvalue weighted by Gasteiger charge is -2.22. The zero-order valence-corrected chi connectivity index (χ0v) is 13.7. The van der Waals surface area contributed by atoms with Crippen LogP contribution in [0.3, 0.4) is 0 Å². The molecule has 2 rings (SSSR count). The molecule has 0 radical (unpaired) electrons. The molecular weight excluding hydrogens is 333 g/mol.